The molecule has 2 atom stereocenters. The Morgan fingerprint density at radius 3 is 2.57 bits per heavy atom. The van der Waals surface area contributed by atoms with Gasteiger partial charge < -0.3 is 15.4 Å². The second-order valence-electron chi connectivity index (χ2n) is 5.66. The van der Waals surface area contributed by atoms with Gasteiger partial charge in [0.15, 0.2) is 0 Å². The van der Waals surface area contributed by atoms with E-state index in [0.717, 1.165) is 18.5 Å². The van der Waals surface area contributed by atoms with Crippen LogP contribution in [-0.2, 0) is 4.74 Å². The Kier molecular flexibility index (Phi) is 4.99. The Bertz CT molecular complexity index is 523. The maximum Gasteiger partial charge on any atom is 0.340 e. The molecule has 2 unspecified atom stereocenters. The Hall–Kier alpha value is -1.42. The first-order valence-corrected chi connectivity index (χ1v) is 7.88. The van der Waals surface area contributed by atoms with Gasteiger partial charge in [0.05, 0.1) is 22.9 Å². The SMILES string of the molecule is CCOC(=O)c1cc(N)cc(Cl)c1N1C(C)CCCC1C. The highest BCUT2D eigenvalue weighted by Crippen LogP contribution is 2.38. The van der Waals surface area contributed by atoms with Crippen LogP contribution < -0.4 is 10.6 Å². The van der Waals surface area contributed by atoms with E-state index in [1.54, 1.807) is 19.1 Å². The Balaban J connectivity index is 2.52. The number of benzene rings is 1. The molecule has 0 aromatic heterocycles. The van der Waals surface area contributed by atoms with Crippen LogP contribution in [0.1, 0.15) is 50.4 Å². The second-order valence-corrected chi connectivity index (χ2v) is 6.06. The van der Waals surface area contributed by atoms with Crippen molar-refractivity contribution in [2.24, 2.45) is 0 Å². The number of halogens is 1. The number of carbonyl (C=O) groups excluding carboxylic acids is 1. The van der Waals surface area contributed by atoms with E-state index in [4.69, 9.17) is 22.1 Å². The quantitative estimate of drug-likeness (QED) is 0.680. The molecule has 116 valence electrons. The number of anilines is 2. The summed E-state index contributed by atoms with van der Waals surface area (Å²) in [5, 5.41) is 0.513. The van der Waals surface area contributed by atoms with Crippen molar-refractivity contribution in [3.63, 3.8) is 0 Å². The van der Waals surface area contributed by atoms with E-state index in [1.807, 2.05) is 0 Å². The summed E-state index contributed by atoms with van der Waals surface area (Å²) in [6.45, 7) is 6.45. The van der Waals surface area contributed by atoms with E-state index in [9.17, 15) is 4.79 Å². The summed E-state index contributed by atoms with van der Waals surface area (Å²) in [5.74, 6) is -0.369. The summed E-state index contributed by atoms with van der Waals surface area (Å²) in [5.41, 5.74) is 7.54. The summed E-state index contributed by atoms with van der Waals surface area (Å²) in [4.78, 5) is 14.5. The van der Waals surface area contributed by atoms with Gasteiger partial charge in [0.2, 0.25) is 0 Å². The minimum atomic E-state index is -0.369. The summed E-state index contributed by atoms with van der Waals surface area (Å²) < 4.78 is 5.16. The fourth-order valence-electron chi connectivity index (χ4n) is 3.11. The molecule has 0 amide bonds. The molecule has 0 aliphatic carbocycles. The number of nitrogen functional groups attached to an aromatic ring is 1. The summed E-state index contributed by atoms with van der Waals surface area (Å²) >= 11 is 6.41. The lowest BCUT2D eigenvalue weighted by atomic mass is 9.95. The highest BCUT2D eigenvalue weighted by Gasteiger charge is 2.30. The average Bonchev–Trinajstić information content (AvgIpc) is 2.40. The average molecular weight is 311 g/mol. The number of esters is 1. The molecular weight excluding hydrogens is 288 g/mol. The third kappa shape index (κ3) is 3.26. The fraction of sp³-hybridized carbons (Fsp3) is 0.562. The second kappa shape index (κ2) is 6.56. The summed E-state index contributed by atoms with van der Waals surface area (Å²) in [6.07, 6.45) is 3.38. The zero-order valence-electron chi connectivity index (χ0n) is 12.9. The van der Waals surface area contributed by atoms with Gasteiger partial charge >= 0.3 is 5.97 Å². The zero-order valence-corrected chi connectivity index (χ0v) is 13.6. The number of carbonyl (C=O) groups is 1. The summed E-state index contributed by atoms with van der Waals surface area (Å²) in [7, 11) is 0. The molecule has 2 rings (SSSR count). The molecule has 21 heavy (non-hydrogen) atoms. The van der Waals surface area contributed by atoms with Crippen LogP contribution in [0.5, 0.6) is 0 Å². The standard InChI is InChI=1S/C16H23ClN2O2/c1-4-21-16(20)13-8-12(18)9-14(17)15(13)19-10(2)6-5-7-11(19)3/h8-11H,4-7,18H2,1-3H3. The van der Waals surface area contributed by atoms with Crippen LogP contribution in [0, 0.1) is 0 Å². The van der Waals surface area contributed by atoms with Crippen molar-refractivity contribution in [3.05, 3.63) is 22.7 Å². The monoisotopic (exact) mass is 310 g/mol. The van der Waals surface area contributed by atoms with Gasteiger partial charge in [-0.25, -0.2) is 4.79 Å². The number of hydrogen-bond acceptors (Lipinski definition) is 4. The number of rotatable bonds is 3. The van der Waals surface area contributed by atoms with Gasteiger partial charge in [0, 0.05) is 17.8 Å². The van der Waals surface area contributed by atoms with Crippen molar-refractivity contribution in [3.8, 4) is 0 Å². The van der Waals surface area contributed by atoms with E-state index in [-0.39, 0.29) is 5.97 Å². The van der Waals surface area contributed by atoms with Gasteiger partial charge in [0.1, 0.15) is 0 Å². The molecule has 4 nitrogen and oxygen atoms in total. The number of ether oxygens (including phenoxy) is 1. The van der Waals surface area contributed by atoms with Crippen molar-refractivity contribution >= 4 is 28.9 Å². The predicted molar refractivity (Wildman–Crippen MR) is 87.1 cm³/mol. The normalized spacial score (nSPS) is 22.2. The Labute approximate surface area is 131 Å². The lowest BCUT2D eigenvalue weighted by molar-refractivity contribution is 0.0527. The highest BCUT2D eigenvalue weighted by atomic mass is 35.5. The minimum absolute atomic E-state index is 0.329. The largest absolute Gasteiger partial charge is 0.462 e. The third-order valence-corrected chi connectivity index (χ3v) is 4.32. The molecule has 5 heteroatoms. The maximum atomic E-state index is 12.3. The van der Waals surface area contributed by atoms with Crippen molar-refractivity contribution in [2.75, 3.05) is 17.2 Å². The van der Waals surface area contributed by atoms with E-state index >= 15 is 0 Å². The molecule has 0 saturated carbocycles. The molecule has 1 aliphatic heterocycles. The smallest absolute Gasteiger partial charge is 0.340 e. The molecule has 1 aromatic rings. The maximum absolute atomic E-state index is 12.3. The molecule has 2 N–H and O–H groups in total. The predicted octanol–water partition coefficient (Wildman–Crippen LogP) is 3.87. The van der Waals surface area contributed by atoms with E-state index in [1.165, 1.54) is 6.42 Å². The minimum Gasteiger partial charge on any atom is -0.462 e. The van der Waals surface area contributed by atoms with Crippen molar-refractivity contribution in [2.45, 2.75) is 52.1 Å². The van der Waals surface area contributed by atoms with Crippen LogP contribution >= 0.6 is 11.6 Å². The molecule has 1 fully saturated rings. The van der Waals surface area contributed by atoms with Crippen LogP contribution in [0.25, 0.3) is 0 Å². The topological polar surface area (TPSA) is 55.6 Å². The van der Waals surface area contributed by atoms with Crippen LogP contribution in [0.2, 0.25) is 5.02 Å². The first-order chi connectivity index (χ1) is 9.95. The number of hydrogen-bond donors (Lipinski definition) is 1. The first kappa shape index (κ1) is 16.0. The highest BCUT2D eigenvalue weighted by molar-refractivity contribution is 6.34. The number of nitrogens with zero attached hydrogens (tertiary/aromatic N) is 1. The van der Waals surface area contributed by atoms with Gasteiger partial charge in [-0.2, -0.15) is 0 Å². The van der Waals surface area contributed by atoms with Crippen LogP contribution in [0.15, 0.2) is 12.1 Å². The molecule has 1 aromatic carbocycles. The first-order valence-electron chi connectivity index (χ1n) is 7.50. The zero-order chi connectivity index (χ0) is 15.6. The van der Waals surface area contributed by atoms with Gasteiger partial charge in [-0.1, -0.05) is 11.6 Å². The Morgan fingerprint density at radius 1 is 1.38 bits per heavy atom. The number of nitrogens with two attached hydrogens (primary N) is 1. The third-order valence-electron chi connectivity index (χ3n) is 4.03. The van der Waals surface area contributed by atoms with Gasteiger partial charge in [0.25, 0.3) is 0 Å². The molecule has 1 aliphatic rings. The fourth-order valence-corrected chi connectivity index (χ4v) is 3.43. The van der Waals surface area contributed by atoms with Crippen LogP contribution in [-0.4, -0.2) is 24.7 Å². The van der Waals surface area contributed by atoms with E-state index < -0.39 is 0 Å². The van der Waals surface area contributed by atoms with Gasteiger partial charge in [-0.15, -0.1) is 0 Å². The molecular formula is C16H23ClN2O2. The Morgan fingerprint density at radius 2 is 2.00 bits per heavy atom. The summed E-state index contributed by atoms with van der Waals surface area (Å²) in [6, 6.07) is 4.03. The van der Waals surface area contributed by atoms with Crippen LogP contribution in [0.4, 0.5) is 11.4 Å². The van der Waals surface area contributed by atoms with E-state index in [0.29, 0.717) is 35.0 Å². The molecule has 0 bridgehead atoms. The van der Waals surface area contributed by atoms with E-state index in [2.05, 4.69) is 18.7 Å². The van der Waals surface area contributed by atoms with Crippen molar-refractivity contribution in [1.82, 2.24) is 0 Å². The lowest BCUT2D eigenvalue weighted by Crippen LogP contribution is -2.44. The number of piperidine rings is 1. The van der Waals surface area contributed by atoms with Gasteiger partial charge in [-0.05, 0) is 52.2 Å². The van der Waals surface area contributed by atoms with Crippen LogP contribution in [0.3, 0.4) is 0 Å². The molecule has 1 heterocycles. The molecule has 0 radical (unpaired) electrons. The van der Waals surface area contributed by atoms with Crippen molar-refractivity contribution in [1.29, 1.82) is 0 Å². The molecule has 0 spiro atoms. The van der Waals surface area contributed by atoms with Gasteiger partial charge in [-0.3, -0.25) is 0 Å². The lowest BCUT2D eigenvalue weighted by Gasteiger charge is -2.42. The van der Waals surface area contributed by atoms with Crippen molar-refractivity contribution < 1.29 is 9.53 Å². The molecule has 1 saturated heterocycles.